The summed E-state index contributed by atoms with van der Waals surface area (Å²) in [5.41, 5.74) is 1.15. The smallest absolute Gasteiger partial charge is 0.283 e. The summed E-state index contributed by atoms with van der Waals surface area (Å²) in [5.74, 6) is 0. The van der Waals surface area contributed by atoms with Gasteiger partial charge in [-0.25, -0.2) is 4.68 Å². The molecule has 2 aromatic rings. The third-order valence-electron chi connectivity index (χ3n) is 2.83. The minimum absolute atomic E-state index is 0.0356. The maximum absolute atomic E-state index is 11.9. The first-order valence-corrected chi connectivity index (χ1v) is 6.85. The van der Waals surface area contributed by atoms with E-state index in [4.69, 9.17) is 28.5 Å². The SMILES string of the molecule is CN(Cc1cccc(C#N)c1)Cn1ncc(Cl)c(Cl)c1=O. The molecule has 0 aliphatic rings. The van der Waals surface area contributed by atoms with Crippen molar-refractivity contribution < 1.29 is 0 Å². The average Bonchev–Trinajstić information content (AvgIpc) is 2.48. The van der Waals surface area contributed by atoms with Crippen molar-refractivity contribution in [3.8, 4) is 6.07 Å². The van der Waals surface area contributed by atoms with Crippen LogP contribution in [0.25, 0.3) is 0 Å². The topological polar surface area (TPSA) is 61.9 Å². The third kappa shape index (κ3) is 3.82. The van der Waals surface area contributed by atoms with E-state index in [2.05, 4.69) is 11.2 Å². The molecule has 7 heteroatoms. The second kappa shape index (κ2) is 6.72. The Morgan fingerprint density at radius 3 is 2.90 bits per heavy atom. The molecule has 0 unspecified atom stereocenters. The highest BCUT2D eigenvalue weighted by molar-refractivity contribution is 6.41. The van der Waals surface area contributed by atoms with E-state index in [1.54, 1.807) is 6.07 Å². The molecule has 1 heterocycles. The molecule has 0 saturated heterocycles. The third-order valence-corrected chi connectivity index (χ3v) is 3.57. The Morgan fingerprint density at radius 2 is 2.19 bits per heavy atom. The summed E-state index contributed by atoms with van der Waals surface area (Å²) in [7, 11) is 1.84. The van der Waals surface area contributed by atoms with Gasteiger partial charge in [0.2, 0.25) is 0 Å². The molecule has 0 N–H and O–H groups in total. The first-order chi connectivity index (χ1) is 10.0. The lowest BCUT2D eigenvalue weighted by atomic mass is 10.1. The molecule has 0 amide bonds. The summed E-state index contributed by atoms with van der Waals surface area (Å²) in [6.07, 6.45) is 1.34. The molecule has 1 aromatic heterocycles. The molecule has 108 valence electrons. The number of nitriles is 1. The summed E-state index contributed by atoms with van der Waals surface area (Å²) >= 11 is 11.5. The van der Waals surface area contributed by atoms with Gasteiger partial charge in [-0.3, -0.25) is 9.69 Å². The van der Waals surface area contributed by atoms with Crippen LogP contribution in [-0.4, -0.2) is 21.7 Å². The van der Waals surface area contributed by atoms with Gasteiger partial charge in [-0.05, 0) is 24.7 Å². The van der Waals surface area contributed by atoms with E-state index in [1.165, 1.54) is 10.9 Å². The maximum Gasteiger partial charge on any atom is 0.288 e. The fourth-order valence-electron chi connectivity index (χ4n) is 1.88. The average molecular weight is 323 g/mol. The minimum Gasteiger partial charge on any atom is -0.283 e. The molecule has 0 fully saturated rings. The summed E-state index contributed by atoms with van der Waals surface area (Å²) in [5, 5.41) is 12.9. The van der Waals surface area contributed by atoms with E-state index in [9.17, 15) is 4.79 Å². The van der Waals surface area contributed by atoms with Crippen LogP contribution in [0, 0.1) is 11.3 Å². The molecular weight excluding hydrogens is 311 g/mol. The maximum atomic E-state index is 11.9. The molecule has 0 aliphatic carbocycles. The number of aromatic nitrogens is 2. The van der Waals surface area contributed by atoms with Gasteiger partial charge in [0.25, 0.3) is 5.56 Å². The van der Waals surface area contributed by atoms with Gasteiger partial charge in [-0.1, -0.05) is 35.3 Å². The van der Waals surface area contributed by atoms with Crippen LogP contribution in [-0.2, 0) is 13.2 Å². The predicted octanol–water partition coefficient (Wildman–Crippen LogP) is 2.51. The Balaban J connectivity index is 2.12. The molecule has 0 saturated carbocycles. The number of halogens is 2. The molecule has 21 heavy (non-hydrogen) atoms. The van der Waals surface area contributed by atoms with Gasteiger partial charge in [0, 0.05) is 6.54 Å². The van der Waals surface area contributed by atoms with E-state index in [0.29, 0.717) is 12.1 Å². The lowest BCUT2D eigenvalue weighted by Crippen LogP contribution is -2.31. The van der Waals surface area contributed by atoms with E-state index in [0.717, 1.165) is 5.56 Å². The number of nitrogens with zero attached hydrogens (tertiary/aromatic N) is 4. The zero-order chi connectivity index (χ0) is 15.4. The second-order valence-electron chi connectivity index (χ2n) is 4.58. The van der Waals surface area contributed by atoms with Crippen molar-refractivity contribution in [2.24, 2.45) is 0 Å². The van der Waals surface area contributed by atoms with E-state index in [-0.39, 0.29) is 16.7 Å². The van der Waals surface area contributed by atoms with Crippen LogP contribution in [0.4, 0.5) is 0 Å². The Labute approximate surface area is 131 Å². The van der Waals surface area contributed by atoms with Crippen LogP contribution < -0.4 is 5.56 Å². The zero-order valence-electron chi connectivity index (χ0n) is 11.3. The molecule has 2 rings (SSSR count). The highest BCUT2D eigenvalue weighted by Crippen LogP contribution is 2.14. The van der Waals surface area contributed by atoms with Gasteiger partial charge in [-0.15, -0.1) is 0 Å². The van der Waals surface area contributed by atoms with Crippen LogP contribution in [0.15, 0.2) is 35.3 Å². The van der Waals surface area contributed by atoms with Crippen LogP contribution in [0.2, 0.25) is 10.0 Å². The number of hydrogen-bond acceptors (Lipinski definition) is 4. The van der Waals surface area contributed by atoms with E-state index < -0.39 is 5.56 Å². The zero-order valence-corrected chi connectivity index (χ0v) is 12.8. The minimum atomic E-state index is -0.429. The van der Waals surface area contributed by atoms with Crippen LogP contribution >= 0.6 is 23.2 Å². The molecular formula is C14H12Cl2N4O. The highest BCUT2D eigenvalue weighted by atomic mass is 35.5. The molecule has 0 spiro atoms. The standard InChI is InChI=1S/C14H12Cl2N4O/c1-19(8-11-4-2-3-10(5-11)6-17)9-20-14(21)13(16)12(15)7-18-20/h2-5,7H,8-9H2,1H3. The summed E-state index contributed by atoms with van der Waals surface area (Å²) < 4.78 is 1.24. The molecule has 5 nitrogen and oxygen atoms in total. The van der Waals surface area contributed by atoms with Gasteiger partial charge < -0.3 is 0 Å². The molecule has 1 aromatic carbocycles. The molecule has 0 atom stereocenters. The van der Waals surface area contributed by atoms with Crippen LogP contribution in [0.3, 0.4) is 0 Å². The highest BCUT2D eigenvalue weighted by Gasteiger charge is 2.09. The fraction of sp³-hybridized carbons (Fsp3) is 0.214. The quantitative estimate of drug-likeness (QED) is 0.867. The molecule has 0 radical (unpaired) electrons. The van der Waals surface area contributed by atoms with Gasteiger partial charge in [0.1, 0.15) is 5.02 Å². The number of hydrogen-bond donors (Lipinski definition) is 0. The first kappa shape index (κ1) is 15.5. The second-order valence-corrected chi connectivity index (χ2v) is 5.36. The van der Waals surface area contributed by atoms with Crippen LogP contribution in [0.1, 0.15) is 11.1 Å². The van der Waals surface area contributed by atoms with Crippen molar-refractivity contribution in [2.75, 3.05) is 7.05 Å². The Bertz CT molecular complexity index is 751. The number of rotatable bonds is 4. The van der Waals surface area contributed by atoms with Gasteiger partial charge in [-0.2, -0.15) is 10.4 Å². The number of benzene rings is 1. The van der Waals surface area contributed by atoms with E-state index >= 15 is 0 Å². The monoisotopic (exact) mass is 322 g/mol. The Hall–Kier alpha value is -1.87. The molecule has 0 aliphatic heterocycles. The van der Waals surface area contributed by atoms with Crippen molar-refractivity contribution in [1.82, 2.24) is 14.7 Å². The lowest BCUT2D eigenvalue weighted by Gasteiger charge is -2.17. The van der Waals surface area contributed by atoms with Crippen molar-refractivity contribution >= 4 is 23.2 Å². The summed E-state index contributed by atoms with van der Waals surface area (Å²) in [6, 6.07) is 9.39. The van der Waals surface area contributed by atoms with Gasteiger partial charge in [0.05, 0.1) is 29.5 Å². The summed E-state index contributed by atoms with van der Waals surface area (Å²) in [6.45, 7) is 0.844. The Morgan fingerprint density at radius 1 is 1.43 bits per heavy atom. The van der Waals surface area contributed by atoms with Crippen molar-refractivity contribution in [3.63, 3.8) is 0 Å². The molecule has 0 bridgehead atoms. The predicted molar refractivity (Wildman–Crippen MR) is 81.1 cm³/mol. The fourth-order valence-corrected chi connectivity index (χ4v) is 2.15. The lowest BCUT2D eigenvalue weighted by molar-refractivity contribution is 0.240. The van der Waals surface area contributed by atoms with Gasteiger partial charge >= 0.3 is 0 Å². The first-order valence-electron chi connectivity index (χ1n) is 6.10. The summed E-state index contributed by atoms with van der Waals surface area (Å²) in [4.78, 5) is 13.8. The normalized spacial score (nSPS) is 10.6. The van der Waals surface area contributed by atoms with Gasteiger partial charge in [0.15, 0.2) is 0 Å². The Kier molecular flexibility index (Phi) is 4.97. The van der Waals surface area contributed by atoms with Crippen LogP contribution in [0.5, 0.6) is 0 Å². The largest absolute Gasteiger partial charge is 0.288 e. The van der Waals surface area contributed by atoms with Crippen molar-refractivity contribution in [2.45, 2.75) is 13.2 Å². The van der Waals surface area contributed by atoms with E-state index in [1.807, 2.05) is 30.1 Å². The van der Waals surface area contributed by atoms with Crippen molar-refractivity contribution in [1.29, 1.82) is 5.26 Å². The van der Waals surface area contributed by atoms with Crippen molar-refractivity contribution in [3.05, 3.63) is 62.0 Å².